The number of halogens is 1. The van der Waals surface area contributed by atoms with Crippen LogP contribution in [0.25, 0.3) is 0 Å². The first-order valence-electron chi connectivity index (χ1n) is 10.2. The molecule has 0 saturated carbocycles. The van der Waals surface area contributed by atoms with Crippen molar-refractivity contribution in [2.75, 3.05) is 20.3 Å². The van der Waals surface area contributed by atoms with Crippen molar-refractivity contribution >= 4 is 23.7 Å². The van der Waals surface area contributed by atoms with Crippen LogP contribution in [0.15, 0.2) is 48.5 Å². The molecule has 0 aliphatic rings. The summed E-state index contributed by atoms with van der Waals surface area (Å²) in [4.78, 5) is 47.8. The van der Waals surface area contributed by atoms with Gasteiger partial charge in [0.2, 0.25) is 5.91 Å². The van der Waals surface area contributed by atoms with Crippen molar-refractivity contribution in [1.82, 2.24) is 10.6 Å². The maximum atomic E-state index is 13.0. The molecule has 0 fully saturated rings. The van der Waals surface area contributed by atoms with Crippen LogP contribution in [-0.2, 0) is 25.5 Å². The van der Waals surface area contributed by atoms with Crippen LogP contribution in [0, 0.1) is 5.82 Å². The smallest absolute Gasteiger partial charge is 0.329 e. The van der Waals surface area contributed by atoms with Crippen LogP contribution in [0.4, 0.5) is 4.39 Å². The number of carbonyl (C=O) groups is 4. The SMILES string of the molecule is COc1ccc(CCNC(=O)COC(=O)[C@H](CCC(N)=O)NC(=O)c2ccc(F)cc2)cc1. The largest absolute Gasteiger partial charge is 0.497 e. The zero-order chi connectivity index (χ0) is 24.2. The minimum Gasteiger partial charge on any atom is -0.497 e. The molecule has 2 rings (SSSR count). The molecule has 10 heteroatoms. The molecule has 2 aromatic rings. The Hall–Kier alpha value is -3.95. The summed E-state index contributed by atoms with van der Waals surface area (Å²) in [6.07, 6.45) is 0.274. The van der Waals surface area contributed by atoms with E-state index in [1.54, 1.807) is 7.11 Å². The van der Waals surface area contributed by atoms with Gasteiger partial charge >= 0.3 is 5.97 Å². The summed E-state index contributed by atoms with van der Waals surface area (Å²) in [5.41, 5.74) is 6.23. The van der Waals surface area contributed by atoms with E-state index in [2.05, 4.69) is 10.6 Å². The van der Waals surface area contributed by atoms with E-state index in [0.29, 0.717) is 13.0 Å². The summed E-state index contributed by atoms with van der Waals surface area (Å²) < 4.78 is 23.1. The van der Waals surface area contributed by atoms with Crippen LogP contribution in [0.1, 0.15) is 28.8 Å². The number of hydrogen-bond acceptors (Lipinski definition) is 6. The fourth-order valence-electron chi connectivity index (χ4n) is 2.81. The Kier molecular flexibility index (Phi) is 9.81. The molecule has 2 aromatic carbocycles. The molecule has 0 aliphatic carbocycles. The number of ether oxygens (including phenoxy) is 2. The summed E-state index contributed by atoms with van der Waals surface area (Å²) >= 11 is 0. The van der Waals surface area contributed by atoms with Gasteiger partial charge in [0, 0.05) is 18.5 Å². The minimum absolute atomic E-state index is 0.111. The van der Waals surface area contributed by atoms with Gasteiger partial charge in [-0.05, 0) is 54.8 Å². The number of primary amides is 1. The molecule has 0 aromatic heterocycles. The lowest BCUT2D eigenvalue weighted by molar-refractivity contribution is -0.150. The van der Waals surface area contributed by atoms with Crippen LogP contribution in [0.3, 0.4) is 0 Å². The van der Waals surface area contributed by atoms with Gasteiger partial charge in [-0.25, -0.2) is 9.18 Å². The molecule has 0 heterocycles. The fourth-order valence-corrected chi connectivity index (χ4v) is 2.81. The van der Waals surface area contributed by atoms with Crippen LogP contribution in [0.2, 0.25) is 0 Å². The van der Waals surface area contributed by atoms with E-state index in [4.69, 9.17) is 15.2 Å². The normalized spacial score (nSPS) is 11.2. The van der Waals surface area contributed by atoms with Gasteiger partial charge in [0.05, 0.1) is 7.11 Å². The first-order chi connectivity index (χ1) is 15.8. The lowest BCUT2D eigenvalue weighted by atomic mass is 10.1. The number of rotatable bonds is 12. The Labute approximate surface area is 190 Å². The second-order valence-electron chi connectivity index (χ2n) is 7.09. The molecule has 0 unspecified atom stereocenters. The van der Waals surface area contributed by atoms with Crippen molar-refractivity contribution in [2.45, 2.75) is 25.3 Å². The van der Waals surface area contributed by atoms with Crippen LogP contribution in [0.5, 0.6) is 5.75 Å². The Morgan fingerprint density at radius 3 is 2.30 bits per heavy atom. The number of carbonyl (C=O) groups excluding carboxylic acids is 4. The minimum atomic E-state index is -1.21. The monoisotopic (exact) mass is 459 g/mol. The van der Waals surface area contributed by atoms with Gasteiger partial charge < -0.3 is 25.8 Å². The average Bonchev–Trinajstić information content (AvgIpc) is 2.80. The topological polar surface area (TPSA) is 137 Å². The zero-order valence-corrected chi connectivity index (χ0v) is 18.1. The third-order valence-corrected chi connectivity index (χ3v) is 4.62. The molecule has 4 N–H and O–H groups in total. The van der Waals surface area contributed by atoms with E-state index in [1.807, 2.05) is 24.3 Å². The standard InChI is InChI=1S/C23H26FN3O6/c1-32-18-8-2-15(3-9-18)12-13-26-21(29)14-33-23(31)19(10-11-20(25)28)27-22(30)16-4-6-17(24)7-5-16/h2-9,19H,10-14H2,1H3,(H2,25,28)(H,26,29)(H,27,30)/t19-/m0/s1. The summed E-state index contributed by atoms with van der Waals surface area (Å²) in [7, 11) is 1.57. The number of amides is 3. The summed E-state index contributed by atoms with van der Waals surface area (Å²) in [6.45, 7) is -0.226. The van der Waals surface area contributed by atoms with E-state index in [-0.39, 0.29) is 18.4 Å². The lowest BCUT2D eigenvalue weighted by Crippen LogP contribution is -2.43. The van der Waals surface area contributed by atoms with Gasteiger partial charge in [-0.3, -0.25) is 14.4 Å². The average molecular weight is 459 g/mol. The van der Waals surface area contributed by atoms with Crippen molar-refractivity contribution in [2.24, 2.45) is 5.73 Å². The number of methoxy groups -OCH3 is 1. The molecule has 0 bridgehead atoms. The van der Waals surface area contributed by atoms with Gasteiger partial charge in [0.1, 0.15) is 17.6 Å². The highest BCUT2D eigenvalue weighted by atomic mass is 19.1. The van der Waals surface area contributed by atoms with Gasteiger partial charge in [-0.1, -0.05) is 12.1 Å². The quantitative estimate of drug-likeness (QED) is 0.407. The Morgan fingerprint density at radius 1 is 1.03 bits per heavy atom. The van der Waals surface area contributed by atoms with Gasteiger partial charge in [-0.15, -0.1) is 0 Å². The number of nitrogens with two attached hydrogens (primary N) is 1. The summed E-state index contributed by atoms with van der Waals surface area (Å²) in [6, 6.07) is 10.9. The van der Waals surface area contributed by atoms with Crippen molar-refractivity contribution in [3.8, 4) is 5.75 Å². The highest BCUT2D eigenvalue weighted by Gasteiger charge is 2.24. The third-order valence-electron chi connectivity index (χ3n) is 4.62. The second kappa shape index (κ2) is 12.8. The van der Waals surface area contributed by atoms with Crippen molar-refractivity contribution in [3.05, 3.63) is 65.5 Å². The van der Waals surface area contributed by atoms with Gasteiger partial charge in [0.15, 0.2) is 6.61 Å². The molecular weight excluding hydrogens is 433 g/mol. The van der Waals surface area contributed by atoms with Crippen LogP contribution in [-0.4, -0.2) is 50.0 Å². The highest BCUT2D eigenvalue weighted by molar-refractivity contribution is 5.97. The van der Waals surface area contributed by atoms with E-state index in [9.17, 15) is 23.6 Å². The van der Waals surface area contributed by atoms with Gasteiger partial charge in [-0.2, -0.15) is 0 Å². The maximum Gasteiger partial charge on any atom is 0.329 e. The Balaban J connectivity index is 1.83. The first kappa shape index (κ1) is 25.3. The van der Waals surface area contributed by atoms with E-state index in [1.165, 1.54) is 12.1 Å². The number of hydrogen-bond donors (Lipinski definition) is 3. The molecule has 0 spiro atoms. The fraction of sp³-hybridized carbons (Fsp3) is 0.304. The molecule has 176 valence electrons. The van der Waals surface area contributed by atoms with Crippen molar-refractivity contribution in [1.29, 1.82) is 0 Å². The summed E-state index contributed by atoms with van der Waals surface area (Å²) in [5.74, 6) is -2.53. The molecule has 1 atom stereocenters. The molecule has 0 radical (unpaired) electrons. The molecule has 3 amide bonds. The molecule has 9 nitrogen and oxygen atoms in total. The van der Waals surface area contributed by atoms with Crippen molar-refractivity contribution < 1.29 is 33.0 Å². The molecule has 0 aliphatic heterocycles. The highest BCUT2D eigenvalue weighted by Crippen LogP contribution is 2.11. The predicted molar refractivity (Wildman–Crippen MR) is 117 cm³/mol. The Morgan fingerprint density at radius 2 is 1.70 bits per heavy atom. The van der Waals surface area contributed by atoms with E-state index < -0.39 is 42.2 Å². The Bertz CT molecular complexity index is 963. The predicted octanol–water partition coefficient (Wildman–Crippen LogP) is 1.10. The lowest BCUT2D eigenvalue weighted by Gasteiger charge is -2.17. The summed E-state index contributed by atoms with van der Waals surface area (Å²) in [5, 5.41) is 5.05. The molecule has 0 saturated heterocycles. The second-order valence-corrected chi connectivity index (χ2v) is 7.09. The third kappa shape index (κ3) is 8.98. The van der Waals surface area contributed by atoms with Crippen LogP contribution >= 0.6 is 0 Å². The van der Waals surface area contributed by atoms with Crippen LogP contribution < -0.4 is 21.1 Å². The van der Waals surface area contributed by atoms with E-state index in [0.717, 1.165) is 23.4 Å². The van der Waals surface area contributed by atoms with E-state index >= 15 is 0 Å². The number of esters is 1. The first-order valence-corrected chi connectivity index (χ1v) is 10.2. The molecular formula is C23H26FN3O6. The number of benzene rings is 2. The number of nitrogens with one attached hydrogen (secondary N) is 2. The molecule has 33 heavy (non-hydrogen) atoms. The zero-order valence-electron chi connectivity index (χ0n) is 18.1. The van der Waals surface area contributed by atoms with Gasteiger partial charge in [0.25, 0.3) is 11.8 Å². The van der Waals surface area contributed by atoms with Crippen molar-refractivity contribution in [3.63, 3.8) is 0 Å². The maximum absolute atomic E-state index is 13.0.